The van der Waals surface area contributed by atoms with Crippen LogP contribution in [0.25, 0.3) is 0 Å². The zero-order valence-electron chi connectivity index (χ0n) is 11.9. The van der Waals surface area contributed by atoms with E-state index in [0.29, 0.717) is 6.04 Å². The zero-order chi connectivity index (χ0) is 13.7. The van der Waals surface area contributed by atoms with Gasteiger partial charge in [0.25, 0.3) is 0 Å². The number of thiazole rings is 1. The molecular weight excluding hydrogens is 256 g/mol. The van der Waals surface area contributed by atoms with E-state index in [-0.39, 0.29) is 0 Å². The van der Waals surface area contributed by atoms with Crippen LogP contribution in [0.4, 0.5) is 0 Å². The predicted octanol–water partition coefficient (Wildman–Crippen LogP) is 2.86. The Morgan fingerprint density at radius 1 is 1.47 bits per heavy atom. The van der Waals surface area contributed by atoms with Crippen LogP contribution in [0.5, 0.6) is 0 Å². The number of nitrogens with one attached hydrogen (secondary N) is 1. The lowest BCUT2D eigenvalue weighted by Crippen LogP contribution is -2.23. The minimum Gasteiger partial charge on any atom is -0.309 e. The Morgan fingerprint density at radius 2 is 2.32 bits per heavy atom. The molecule has 19 heavy (non-hydrogen) atoms. The van der Waals surface area contributed by atoms with Crippen LogP contribution in [0.1, 0.15) is 42.1 Å². The minimum atomic E-state index is 0.352. The summed E-state index contributed by atoms with van der Waals surface area (Å²) in [6, 6.07) is 0.352. The average molecular weight is 278 g/mol. The first-order valence-electron chi connectivity index (χ1n) is 6.82. The average Bonchev–Trinajstić information content (AvgIpc) is 2.99. The number of hydrogen-bond donors (Lipinski definition) is 1. The fourth-order valence-corrected chi connectivity index (χ4v) is 2.79. The van der Waals surface area contributed by atoms with E-state index >= 15 is 0 Å². The first-order chi connectivity index (χ1) is 9.19. The van der Waals surface area contributed by atoms with Crippen LogP contribution in [0.3, 0.4) is 0 Å². The molecule has 5 heteroatoms. The molecule has 0 aliphatic carbocycles. The van der Waals surface area contributed by atoms with Crippen molar-refractivity contribution in [2.24, 2.45) is 7.05 Å². The van der Waals surface area contributed by atoms with Crippen LogP contribution >= 0.6 is 11.3 Å². The smallest absolute Gasteiger partial charge is 0.0898 e. The molecule has 2 heterocycles. The van der Waals surface area contributed by atoms with Crippen molar-refractivity contribution < 1.29 is 0 Å². The first kappa shape index (κ1) is 14.2. The minimum absolute atomic E-state index is 0.352. The maximum atomic E-state index is 4.62. The molecule has 0 saturated heterocycles. The summed E-state index contributed by atoms with van der Waals surface area (Å²) in [6.07, 6.45) is 7.28. The summed E-state index contributed by atoms with van der Waals surface area (Å²) >= 11 is 1.72. The van der Waals surface area contributed by atoms with E-state index in [9.17, 15) is 0 Å². The van der Waals surface area contributed by atoms with Crippen LogP contribution in [-0.2, 0) is 13.5 Å². The van der Waals surface area contributed by atoms with Crippen LogP contribution in [0.15, 0.2) is 17.8 Å². The normalized spacial score (nSPS) is 12.8. The van der Waals surface area contributed by atoms with Crippen molar-refractivity contribution in [2.45, 2.75) is 39.2 Å². The van der Waals surface area contributed by atoms with Gasteiger partial charge in [-0.05, 0) is 38.3 Å². The Bertz CT molecular complexity index is 503. The van der Waals surface area contributed by atoms with Crippen molar-refractivity contribution in [3.05, 3.63) is 34.0 Å². The highest BCUT2D eigenvalue weighted by atomic mass is 32.1. The van der Waals surface area contributed by atoms with E-state index in [2.05, 4.69) is 40.8 Å². The van der Waals surface area contributed by atoms with Gasteiger partial charge in [-0.1, -0.05) is 6.92 Å². The molecule has 0 aliphatic heterocycles. The molecule has 1 N–H and O–H groups in total. The zero-order valence-corrected chi connectivity index (χ0v) is 12.7. The molecule has 4 nitrogen and oxygen atoms in total. The summed E-state index contributed by atoms with van der Waals surface area (Å²) in [5, 5.41) is 11.1. The molecule has 0 amide bonds. The molecule has 104 valence electrons. The van der Waals surface area contributed by atoms with E-state index in [1.807, 2.05) is 17.9 Å². The van der Waals surface area contributed by atoms with Crippen LogP contribution in [0, 0.1) is 6.92 Å². The second-order valence-electron chi connectivity index (χ2n) is 4.86. The third-order valence-corrected chi connectivity index (χ3v) is 3.91. The Balaban J connectivity index is 1.97. The second-order valence-corrected chi connectivity index (χ2v) is 5.92. The van der Waals surface area contributed by atoms with E-state index in [1.54, 1.807) is 11.3 Å². The van der Waals surface area contributed by atoms with Crippen molar-refractivity contribution in [1.82, 2.24) is 20.1 Å². The standard InChI is InChI=1S/C14H22N4S/c1-4-7-15-13(14-10-19-11(2)17-14)6-5-12-8-16-18(3)9-12/h8-10,13,15H,4-7H2,1-3H3. The molecule has 0 fully saturated rings. The Hall–Kier alpha value is -1.20. The number of nitrogens with zero attached hydrogens (tertiary/aromatic N) is 3. The highest BCUT2D eigenvalue weighted by Crippen LogP contribution is 2.21. The van der Waals surface area contributed by atoms with Crippen molar-refractivity contribution in [2.75, 3.05) is 6.54 Å². The van der Waals surface area contributed by atoms with Crippen molar-refractivity contribution in [1.29, 1.82) is 0 Å². The maximum absolute atomic E-state index is 4.62. The molecule has 0 bridgehead atoms. The predicted molar refractivity (Wildman–Crippen MR) is 79.4 cm³/mol. The maximum Gasteiger partial charge on any atom is 0.0898 e. The highest BCUT2D eigenvalue weighted by Gasteiger charge is 2.14. The van der Waals surface area contributed by atoms with Gasteiger partial charge in [-0.2, -0.15) is 5.10 Å². The van der Waals surface area contributed by atoms with Crippen molar-refractivity contribution in [3.8, 4) is 0 Å². The monoisotopic (exact) mass is 278 g/mol. The molecule has 0 radical (unpaired) electrons. The Kier molecular flexibility index (Phi) is 5.10. The molecule has 0 aromatic carbocycles. The Morgan fingerprint density at radius 3 is 2.89 bits per heavy atom. The summed E-state index contributed by atoms with van der Waals surface area (Å²) in [6.45, 7) is 5.29. The van der Waals surface area contributed by atoms with Gasteiger partial charge in [-0.15, -0.1) is 11.3 Å². The van der Waals surface area contributed by atoms with Gasteiger partial charge in [-0.3, -0.25) is 4.68 Å². The van der Waals surface area contributed by atoms with Gasteiger partial charge in [0.2, 0.25) is 0 Å². The largest absolute Gasteiger partial charge is 0.309 e. The molecule has 2 aromatic rings. The van der Waals surface area contributed by atoms with Gasteiger partial charge in [0, 0.05) is 18.6 Å². The molecule has 2 rings (SSSR count). The third-order valence-electron chi connectivity index (χ3n) is 3.11. The lowest BCUT2D eigenvalue weighted by atomic mass is 10.1. The Labute approximate surface area is 118 Å². The number of hydrogen-bond acceptors (Lipinski definition) is 4. The summed E-state index contributed by atoms with van der Waals surface area (Å²) < 4.78 is 1.86. The van der Waals surface area contributed by atoms with E-state index in [4.69, 9.17) is 0 Å². The van der Waals surface area contributed by atoms with Crippen LogP contribution in [0.2, 0.25) is 0 Å². The third kappa shape index (κ3) is 4.14. The van der Waals surface area contributed by atoms with Crippen LogP contribution < -0.4 is 5.32 Å². The van der Waals surface area contributed by atoms with Crippen molar-refractivity contribution in [3.63, 3.8) is 0 Å². The first-order valence-corrected chi connectivity index (χ1v) is 7.70. The number of aromatic nitrogens is 3. The molecule has 0 spiro atoms. The summed E-state index contributed by atoms with van der Waals surface area (Å²) in [7, 11) is 1.96. The van der Waals surface area contributed by atoms with Gasteiger partial charge in [0.15, 0.2) is 0 Å². The van der Waals surface area contributed by atoms with Gasteiger partial charge in [0.1, 0.15) is 0 Å². The van der Waals surface area contributed by atoms with Gasteiger partial charge < -0.3 is 5.32 Å². The molecule has 1 atom stereocenters. The quantitative estimate of drug-likeness (QED) is 0.847. The van der Waals surface area contributed by atoms with Crippen molar-refractivity contribution >= 4 is 11.3 Å². The topological polar surface area (TPSA) is 42.7 Å². The van der Waals surface area contributed by atoms with E-state index in [1.165, 1.54) is 11.3 Å². The second kappa shape index (κ2) is 6.82. The fourth-order valence-electron chi connectivity index (χ4n) is 2.13. The molecule has 1 unspecified atom stereocenters. The van der Waals surface area contributed by atoms with Gasteiger partial charge in [-0.25, -0.2) is 4.98 Å². The van der Waals surface area contributed by atoms with Crippen LogP contribution in [-0.4, -0.2) is 21.3 Å². The number of aryl methyl sites for hydroxylation is 3. The fraction of sp³-hybridized carbons (Fsp3) is 0.571. The van der Waals surface area contributed by atoms with E-state index < -0.39 is 0 Å². The molecule has 2 aromatic heterocycles. The molecule has 0 saturated carbocycles. The van der Waals surface area contributed by atoms with Gasteiger partial charge in [0.05, 0.1) is 22.9 Å². The summed E-state index contributed by atoms with van der Waals surface area (Å²) in [5.74, 6) is 0. The van der Waals surface area contributed by atoms with Gasteiger partial charge >= 0.3 is 0 Å². The lowest BCUT2D eigenvalue weighted by Gasteiger charge is -2.16. The lowest BCUT2D eigenvalue weighted by molar-refractivity contribution is 0.490. The van der Waals surface area contributed by atoms with E-state index in [0.717, 1.165) is 30.8 Å². The summed E-state index contributed by atoms with van der Waals surface area (Å²) in [5.41, 5.74) is 2.47. The summed E-state index contributed by atoms with van der Waals surface area (Å²) in [4.78, 5) is 4.62. The molecule has 0 aliphatic rings. The molecular formula is C14H22N4S. The highest BCUT2D eigenvalue weighted by molar-refractivity contribution is 7.09. The SMILES string of the molecule is CCCNC(CCc1cnn(C)c1)c1csc(C)n1. The number of rotatable bonds is 7.